The van der Waals surface area contributed by atoms with Crippen LogP contribution >= 0.6 is 11.8 Å². The van der Waals surface area contributed by atoms with Gasteiger partial charge in [0.1, 0.15) is 12.0 Å². The topological polar surface area (TPSA) is 79.0 Å². The normalized spacial score (nSPS) is 15.1. The van der Waals surface area contributed by atoms with E-state index in [0.29, 0.717) is 25.3 Å². The number of hydrogen-bond donors (Lipinski definition) is 1. The predicted molar refractivity (Wildman–Crippen MR) is 175 cm³/mol. The highest BCUT2D eigenvalue weighted by molar-refractivity contribution is 8.00. The highest BCUT2D eigenvalue weighted by Gasteiger charge is 2.36. The van der Waals surface area contributed by atoms with Crippen molar-refractivity contribution in [3.63, 3.8) is 0 Å². The van der Waals surface area contributed by atoms with E-state index in [4.69, 9.17) is 4.74 Å². The summed E-state index contributed by atoms with van der Waals surface area (Å²) in [7, 11) is 0. The van der Waals surface area contributed by atoms with Crippen molar-refractivity contribution >= 4 is 41.4 Å². The van der Waals surface area contributed by atoms with E-state index >= 15 is 0 Å². The van der Waals surface area contributed by atoms with Gasteiger partial charge in [-0.3, -0.25) is 4.79 Å². The minimum absolute atomic E-state index is 0.0670. The second-order valence-electron chi connectivity index (χ2n) is 12.0. The minimum Gasteiger partial charge on any atom is -0.491 e. The fraction of sp³-hybridized carbons (Fsp3) is 0.559. The van der Waals surface area contributed by atoms with E-state index in [-0.39, 0.29) is 28.6 Å². The second-order valence-corrected chi connectivity index (χ2v) is 13.6. The molecule has 1 aliphatic heterocycles. The molecule has 1 saturated heterocycles. The summed E-state index contributed by atoms with van der Waals surface area (Å²) in [6.45, 7) is 16.3. The van der Waals surface area contributed by atoms with E-state index in [1.54, 1.807) is 11.8 Å². The maximum atomic E-state index is 13.7. The van der Waals surface area contributed by atoms with Crippen molar-refractivity contribution in [2.75, 3.05) is 35.7 Å². The Hall–Kier alpha value is -3.00. The molecule has 230 valence electrons. The molecular formula is C34H49N3O4S. The molecule has 0 saturated carbocycles. The summed E-state index contributed by atoms with van der Waals surface area (Å²) in [6.07, 6.45) is 3.89. The molecule has 0 aliphatic carbocycles. The molecule has 7 nitrogen and oxygen atoms in total. The number of aldehydes is 1. The minimum atomic E-state index is -0.393. The van der Waals surface area contributed by atoms with Gasteiger partial charge >= 0.3 is 6.03 Å². The lowest BCUT2D eigenvalue weighted by Gasteiger charge is -2.30. The first-order valence-corrected chi connectivity index (χ1v) is 16.4. The van der Waals surface area contributed by atoms with E-state index in [1.807, 2.05) is 52.3 Å². The SMILES string of the molecule is CCCOc1ccc(C(C=O)Cc2ccc(NC(=O)N3CCSC3(C)C)cc2)cc1N(CC(C)C)C(=O)C(CC)CC. The van der Waals surface area contributed by atoms with Crippen LogP contribution in [-0.4, -0.2) is 53.4 Å². The van der Waals surface area contributed by atoms with Gasteiger partial charge in [-0.25, -0.2) is 4.79 Å². The van der Waals surface area contributed by atoms with Crippen LogP contribution < -0.4 is 15.0 Å². The van der Waals surface area contributed by atoms with Crippen LogP contribution in [0.15, 0.2) is 42.5 Å². The molecule has 1 aliphatic rings. The van der Waals surface area contributed by atoms with E-state index < -0.39 is 5.92 Å². The zero-order valence-corrected chi connectivity index (χ0v) is 27.3. The first kappa shape index (κ1) is 33.5. The molecule has 3 rings (SSSR count). The summed E-state index contributed by atoms with van der Waals surface area (Å²) in [5.74, 6) is 1.51. The maximum Gasteiger partial charge on any atom is 0.322 e. The molecule has 3 amide bonds. The Morgan fingerprint density at radius 2 is 1.79 bits per heavy atom. The lowest BCUT2D eigenvalue weighted by molar-refractivity contribution is -0.122. The molecule has 0 aromatic heterocycles. The standard InChI is InChI=1S/C34H49N3O4S/c1-8-18-41-31-16-13-27(21-30(31)36(22-24(4)5)32(39)26(9-2)10-3)28(23-38)20-25-11-14-29(15-12-25)35-33(40)37-17-19-42-34(37,6)7/h11-16,21,23-24,26,28H,8-10,17-20,22H2,1-7H3,(H,35,40). The van der Waals surface area contributed by atoms with Crippen LogP contribution in [0.25, 0.3) is 0 Å². The zero-order chi connectivity index (χ0) is 30.9. The van der Waals surface area contributed by atoms with Crippen molar-refractivity contribution in [3.05, 3.63) is 53.6 Å². The first-order chi connectivity index (χ1) is 20.0. The van der Waals surface area contributed by atoms with Crippen LogP contribution in [0.4, 0.5) is 16.2 Å². The van der Waals surface area contributed by atoms with Crippen molar-refractivity contribution in [1.29, 1.82) is 0 Å². The zero-order valence-electron chi connectivity index (χ0n) is 26.4. The third-order valence-corrected chi connectivity index (χ3v) is 9.12. The van der Waals surface area contributed by atoms with Crippen molar-refractivity contribution in [2.24, 2.45) is 11.8 Å². The number of rotatable bonds is 14. The average molecular weight is 596 g/mol. The molecule has 1 N–H and O–H groups in total. The van der Waals surface area contributed by atoms with Gasteiger partial charge in [0, 0.05) is 36.4 Å². The molecule has 42 heavy (non-hydrogen) atoms. The van der Waals surface area contributed by atoms with E-state index in [2.05, 4.69) is 53.8 Å². The Kier molecular flexibility index (Phi) is 12.3. The van der Waals surface area contributed by atoms with Gasteiger partial charge in [-0.05, 0) is 80.8 Å². The highest BCUT2D eigenvalue weighted by atomic mass is 32.2. The Morgan fingerprint density at radius 1 is 1.10 bits per heavy atom. The number of benzene rings is 2. The summed E-state index contributed by atoms with van der Waals surface area (Å²) in [5, 5.41) is 3.01. The summed E-state index contributed by atoms with van der Waals surface area (Å²) < 4.78 is 6.11. The van der Waals surface area contributed by atoms with Crippen molar-refractivity contribution in [2.45, 2.75) is 84.9 Å². The molecule has 0 spiro atoms. The number of nitrogens with zero attached hydrogens (tertiary/aromatic N) is 2. The lowest BCUT2D eigenvalue weighted by Crippen LogP contribution is -2.43. The fourth-order valence-electron chi connectivity index (χ4n) is 5.33. The molecular weight excluding hydrogens is 546 g/mol. The highest BCUT2D eigenvalue weighted by Crippen LogP contribution is 2.36. The number of amides is 3. The van der Waals surface area contributed by atoms with Crippen LogP contribution in [0.5, 0.6) is 5.75 Å². The van der Waals surface area contributed by atoms with E-state index in [1.165, 1.54) is 0 Å². The quantitative estimate of drug-likeness (QED) is 0.226. The van der Waals surface area contributed by atoms with Crippen molar-refractivity contribution in [3.8, 4) is 5.75 Å². The number of hydrogen-bond acceptors (Lipinski definition) is 5. The number of urea groups is 1. The van der Waals surface area contributed by atoms with Crippen LogP contribution in [0.2, 0.25) is 0 Å². The number of carbonyl (C=O) groups is 3. The summed E-state index contributed by atoms with van der Waals surface area (Å²) in [4.78, 5) is 42.4. The van der Waals surface area contributed by atoms with Crippen LogP contribution in [0.1, 0.15) is 84.8 Å². The number of nitrogens with one attached hydrogen (secondary N) is 1. The second kappa shape index (κ2) is 15.5. The molecule has 1 fully saturated rings. The Bertz CT molecular complexity index is 1190. The first-order valence-electron chi connectivity index (χ1n) is 15.4. The van der Waals surface area contributed by atoms with Gasteiger partial charge in [0.15, 0.2) is 0 Å². The molecule has 1 heterocycles. The lowest BCUT2D eigenvalue weighted by atomic mass is 9.92. The average Bonchev–Trinajstić information content (AvgIpc) is 3.33. The maximum absolute atomic E-state index is 13.7. The molecule has 2 aromatic carbocycles. The predicted octanol–water partition coefficient (Wildman–Crippen LogP) is 7.74. The summed E-state index contributed by atoms with van der Waals surface area (Å²) in [5.41, 5.74) is 3.30. The van der Waals surface area contributed by atoms with Crippen LogP contribution in [-0.2, 0) is 16.0 Å². The number of carbonyl (C=O) groups excluding carboxylic acids is 3. The fourth-order valence-corrected chi connectivity index (χ4v) is 6.44. The Balaban J connectivity index is 1.85. The summed E-state index contributed by atoms with van der Waals surface area (Å²) >= 11 is 1.77. The molecule has 8 heteroatoms. The molecule has 0 radical (unpaired) electrons. The number of ether oxygens (including phenoxy) is 1. The molecule has 1 atom stereocenters. The van der Waals surface area contributed by atoms with Gasteiger partial charge < -0.3 is 24.6 Å². The van der Waals surface area contributed by atoms with Crippen molar-refractivity contribution in [1.82, 2.24) is 4.90 Å². The van der Waals surface area contributed by atoms with Gasteiger partial charge in [0.05, 0.1) is 17.2 Å². The van der Waals surface area contributed by atoms with E-state index in [9.17, 15) is 14.4 Å². The van der Waals surface area contributed by atoms with E-state index in [0.717, 1.165) is 60.3 Å². The van der Waals surface area contributed by atoms with Crippen LogP contribution in [0.3, 0.4) is 0 Å². The monoisotopic (exact) mass is 595 g/mol. The molecule has 0 bridgehead atoms. The van der Waals surface area contributed by atoms with Gasteiger partial charge in [-0.15, -0.1) is 11.8 Å². The Labute approximate surface area is 256 Å². The van der Waals surface area contributed by atoms with Gasteiger partial charge in [0.2, 0.25) is 5.91 Å². The van der Waals surface area contributed by atoms with Crippen molar-refractivity contribution < 1.29 is 19.1 Å². The molecule has 1 unspecified atom stereocenters. The third kappa shape index (κ3) is 8.52. The van der Waals surface area contributed by atoms with Gasteiger partial charge in [0.25, 0.3) is 0 Å². The van der Waals surface area contributed by atoms with Gasteiger partial charge in [-0.2, -0.15) is 0 Å². The molecule has 2 aromatic rings. The number of thioether (sulfide) groups is 1. The summed E-state index contributed by atoms with van der Waals surface area (Å²) in [6, 6.07) is 13.4. The Morgan fingerprint density at radius 3 is 2.33 bits per heavy atom. The third-order valence-electron chi connectivity index (χ3n) is 7.80. The largest absolute Gasteiger partial charge is 0.491 e. The smallest absolute Gasteiger partial charge is 0.322 e. The van der Waals surface area contributed by atoms with Crippen LogP contribution in [0, 0.1) is 11.8 Å². The van der Waals surface area contributed by atoms with Gasteiger partial charge in [-0.1, -0.05) is 52.8 Å². The number of anilines is 2.